The van der Waals surface area contributed by atoms with Gasteiger partial charge in [0.2, 0.25) is 6.29 Å². The van der Waals surface area contributed by atoms with E-state index in [0.29, 0.717) is 32.2 Å². The molecule has 0 N–H and O–H groups in total. The van der Waals surface area contributed by atoms with E-state index in [1.54, 1.807) is 0 Å². The number of carbonyl (C=O) groups is 1. The normalized spacial score (nSPS) is 43.3. The number of hydrogen-bond acceptors (Lipinski definition) is 13. The highest BCUT2D eigenvalue weighted by atomic mass is 16.8. The molecule has 0 spiro atoms. The van der Waals surface area contributed by atoms with Gasteiger partial charge in [-0.15, -0.1) is 0 Å². The summed E-state index contributed by atoms with van der Waals surface area (Å²) in [6.45, 7) is 28.8. The number of carbonyl (C=O) groups excluding carboxylic acids is 1. The molecule has 5 aliphatic carbocycles. The van der Waals surface area contributed by atoms with Crippen LogP contribution in [0.2, 0.25) is 0 Å². The first-order chi connectivity index (χ1) is 42.1. The van der Waals surface area contributed by atoms with Gasteiger partial charge in [0, 0.05) is 10.8 Å². The number of ether oxygens (including phenoxy) is 11. The Bertz CT molecular complexity index is 2960. The predicted molar refractivity (Wildman–Crippen MR) is 333 cm³/mol. The van der Waals surface area contributed by atoms with Crippen LogP contribution in [0.15, 0.2) is 108 Å². The van der Waals surface area contributed by atoms with E-state index in [1.165, 1.54) is 31.3 Å². The van der Waals surface area contributed by atoms with Gasteiger partial charge in [-0.1, -0.05) is 170 Å². The van der Waals surface area contributed by atoms with Crippen molar-refractivity contribution in [1.82, 2.24) is 0 Å². The smallest absolute Gasteiger partial charge is 0.315 e. The van der Waals surface area contributed by atoms with Crippen LogP contribution in [0.25, 0.3) is 10.4 Å². The Balaban J connectivity index is 0.818. The van der Waals surface area contributed by atoms with Crippen molar-refractivity contribution in [2.75, 3.05) is 13.2 Å². The fourth-order valence-corrected chi connectivity index (χ4v) is 18.8. The number of nitrogens with zero attached hydrogens (tertiary/aromatic N) is 3. The van der Waals surface area contributed by atoms with Gasteiger partial charge in [0.05, 0.1) is 62.8 Å². The minimum absolute atomic E-state index is 0.00168. The fourth-order valence-electron chi connectivity index (χ4n) is 18.8. The molecule has 8 fully saturated rings. The van der Waals surface area contributed by atoms with Crippen LogP contribution in [0, 0.1) is 68.5 Å². The molecule has 0 amide bonds. The first kappa shape index (κ1) is 63.9. The second-order valence-electron chi connectivity index (χ2n) is 30.4. The molecule has 88 heavy (non-hydrogen) atoms. The van der Waals surface area contributed by atoms with Crippen molar-refractivity contribution in [3.05, 3.63) is 130 Å². The summed E-state index contributed by atoms with van der Waals surface area (Å²) in [4.78, 5) is 19.5. The number of allylic oxidation sites excluding steroid dienone is 2. The van der Waals surface area contributed by atoms with Crippen LogP contribution in [0.1, 0.15) is 164 Å². The van der Waals surface area contributed by atoms with E-state index >= 15 is 4.79 Å². The molecule has 9 aliphatic rings. The van der Waals surface area contributed by atoms with Gasteiger partial charge < -0.3 is 52.1 Å². The zero-order valence-corrected chi connectivity index (χ0v) is 54.6. The van der Waals surface area contributed by atoms with E-state index in [2.05, 4.69) is 95.8 Å². The summed E-state index contributed by atoms with van der Waals surface area (Å²) in [5.74, 6) is 0.658. The molecule has 4 saturated carbocycles. The molecular weight excluding hydrogens is 1110 g/mol. The SMILES string of the molecule is CC1C(OCc2ccccc2)[C@H](OCc2ccccc2)CO[C@H]1O[C@H]1C(C)O[C@@H](OC2C(C)[C@@H](N=[N+]=[N-])C(COCc3ccccc3)O[C@H]2OC(=O)[C@]23CCC(C)(C)CC2C2=CCC4C5(C)CC[C@H](C)C(C)[C@@H]5CC[C@]4(C)[C@]2(C)CC3)C2OC(C)(C)OC21. The fraction of sp³-hybridized carbons (Fsp3) is 0.712. The van der Waals surface area contributed by atoms with Gasteiger partial charge in [0.1, 0.15) is 30.5 Å². The number of hydrogen-bond donors (Lipinski definition) is 0. The molecule has 4 saturated heterocycles. The molecule has 3 aromatic rings. The highest BCUT2D eigenvalue weighted by molar-refractivity contribution is 5.79. The molecule has 0 aromatic heterocycles. The highest BCUT2D eigenvalue weighted by Gasteiger charge is 2.69. The quantitative estimate of drug-likeness (QED) is 0.0413. The summed E-state index contributed by atoms with van der Waals surface area (Å²) < 4.78 is 75.3. The van der Waals surface area contributed by atoms with Gasteiger partial charge in [-0.05, 0) is 164 Å². The lowest BCUT2D eigenvalue weighted by Crippen LogP contribution is -2.64. The third-order valence-electron chi connectivity index (χ3n) is 24.4. The zero-order chi connectivity index (χ0) is 62.0. The molecule has 480 valence electrons. The van der Waals surface area contributed by atoms with Crippen molar-refractivity contribution in [2.24, 2.45) is 73.6 Å². The van der Waals surface area contributed by atoms with E-state index in [4.69, 9.17) is 52.1 Å². The highest BCUT2D eigenvalue weighted by Crippen LogP contribution is 2.75. The Morgan fingerprint density at radius 3 is 1.98 bits per heavy atom. The van der Waals surface area contributed by atoms with Gasteiger partial charge in [-0.25, -0.2) is 0 Å². The lowest BCUT2D eigenvalue weighted by molar-refractivity contribution is -0.353. The van der Waals surface area contributed by atoms with E-state index in [9.17, 15) is 5.53 Å². The summed E-state index contributed by atoms with van der Waals surface area (Å²) in [5, 5.41) is 4.38. The van der Waals surface area contributed by atoms with Crippen molar-refractivity contribution in [3.8, 4) is 0 Å². The van der Waals surface area contributed by atoms with Gasteiger partial charge in [0.25, 0.3) is 0 Å². The van der Waals surface area contributed by atoms with Crippen LogP contribution in [0.3, 0.4) is 0 Å². The summed E-state index contributed by atoms with van der Waals surface area (Å²) in [6, 6.07) is 29.4. The maximum atomic E-state index is 16.2. The van der Waals surface area contributed by atoms with Gasteiger partial charge in [0.15, 0.2) is 18.4 Å². The van der Waals surface area contributed by atoms with Gasteiger partial charge in [-0.2, -0.15) is 0 Å². The van der Waals surface area contributed by atoms with Crippen LogP contribution in [-0.4, -0.2) is 98.7 Å². The van der Waals surface area contributed by atoms with Crippen LogP contribution >= 0.6 is 0 Å². The number of fused-ring (bicyclic) bond motifs is 8. The summed E-state index contributed by atoms with van der Waals surface area (Å²) in [5.41, 5.74) is 14.4. The minimum Gasteiger partial charge on any atom is -0.432 e. The lowest BCUT2D eigenvalue weighted by atomic mass is 9.34. The number of azide groups is 1. The molecule has 0 bridgehead atoms. The second kappa shape index (κ2) is 25.4. The van der Waals surface area contributed by atoms with Crippen molar-refractivity contribution >= 4 is 5.97 Å². The Morgan fingerprint density at radius 2 is 1.30 bits per heavy atom. The largest absolute Gasteiger partial charge is 0.432 e. The van der Waals surface area contributed by atoms with Crippen LogP contribution in [-0.2, 0) is 76.7 Å². The van der Waals surface area contributed by atoms with E-state index < -0.39 is 78.7 Å². The van der Waals surface area contributed by atoms with Crippen molar-refractivity contribution < 1.29 is 56.9 Å². The average molecular weight is 1210 g/mol. The average Bonchev–Trinajstić information content (AvgIpc) is 0.778. The molecule has 4 heterocycles. The molecule has 0 radical (unpaired) electrons. The molecule has 12 rings (SSSR count). The Labute approximate surface area is 523 Å². The summed E-state index contributed by atoms with van der Waals surface area (Å²) in [7, 11) is 0. The van der Waals surface area contributed by atoms with Crippen LogP contribution in [0.4, 0.5) is 0 Å². The summed E-state index contributed by atoms with van der Waals surface area (Å²) in [6.07, 6.45) is 4.67. The standard InChI is InChI=1S/C73H101N3O12/c1-44-30-32-70(10)52(45(44)2)31-33-72(12)57(70)29-28-53-54-38-68(6,7)34-36-73(54,37-35-71(53,72)11)67(77)86-65-60(46(3)58(75-76-74)55(83-65)42-78-39-49-22-16-13-17-23-49)84-66-63-62(87-69(8,9)88-63)61(48(5)82-66)85-64-47(4)59(80-41-51-26-20-15-21-27-51)56(43-81-64)79-40-50-24-18-14-19-25-50/h13-28,44-48,52,54-66H,29-43H2,1-12H3/t44-,45?,46?,47?,48?,52-,54?,55?,56+,57?,58+,59?,60?,61-,62?,63?,64-,65-,66-,70?,71+,72-,73-/m0/s1. The minimum atomic E-state index is -1.23. The molecule has 3 aromatic carbocycles. The summed E-state index contributed by atoms with van der Waals surface area (Å²) >= 11 is 0. The monoisotopic (exact) mass is 1210 g/mol. The topological polar surface area (TPSA) is 167 Å². The van der Waals surface area contributed by atoms with Crippen LogP contribution in [0.5, 0.6) is 0 Å². The van der Waals surface area contributed by atoms with Gasteiger partial charge >= 0.3 is 5.97 Å². The Kier molecular flexibility index (Phi) is 18.4. The maximum Gasteiger partial charge on any atom is 0.315 e. The number of rotatable bonds is 17. The molecule has 23 atom stereocenters. The number of benzene rings is 3. The predicted octanol–water partition coefficient (Wildman–Crippen LogP) is 15.0. The third-order valence-corrected chi connectivity index (χ3v) is 24.4. The number of esters is 1. The molecule has 15 nitrogen and oxygen atoms in total. The first-order valence-corrected chi connectivity index (χ1v) is 33.5. The van der Waals surface area contributed by atoms with Crippen molar-refractivity contribution in [2.45, 2.75) is 247 Å². The lowest BCUT2D eigenvalue weighted by Gasteiger charge is -2.70. The molecule has 15 heteroatoms. The van der Waals surface area contributed by atoms with Crippen molar-refractivity contribution in [1.29, 1.82) is 0 Å². The van der Waals surface area contributed by atoms with Crippen LogP contribution < -0.4 is 0 Å². The van der Waals surface area contributed by atoms with E-state index in [0.717, 1.165) is 66.5 Å². The molecule has 4 aliphatic heterocycles. The first-order valence-electron chi connectivity index (χ1n) is 33.5. The van der Waals surface area contributed by atoms with Crippen molar-refractivity contribution in [3.63, 3.8) is 0 Å². The zero-order valence-electron chi connectivity index (χ0n) is 54.6. The second-order valence-corrected chi connectivity index (χ2v) is 30.4. The maximum absolute atomic E-state index is 16.2. The molecule has 12 unspecified atom stereocenters. The Hall–Kier alpha value is -4.22. The Morgan fingerprint density at radius 1 is 0.659 bits per heavy atom. The molecular formula is C73H101N3O12. The van der Waals surface area contributed by atoms with E-state index in [1.807, 2.05) is 94.4 Å². The van der Waals surface area contributed by atoms with Gasteiger partial charge in [-0.3, -0.25) is 4.79 Å². The third kappa shape index (κ3) is 12.0. The van der Waals surface area contributed by atoms with E-state index in [-0.39, 0.29) is 64.9 Å².